The number of aromatic nitrogens is 3. The minimum atomic E-state index is -0.592. The van der Waals surface area contributed by atoms with Gasteiger partial charge in [-0.05, 0) is 26.3 Å². The van der Waals surface area contributed by atoms with Crippen molar-refractivity contribution < 1.29 is 4.79 Å². The molecule has 7 heteroatoms. The Kier molecular flexibility index (Phi) is 6.14. The first-order valence-corrected chi connectivity index (χ1v) is 7.10. The van der Waals surface area contributed by atoms with Crippen LogP contribution < -0.4 is 11.1 Å². The molecule has 0 bridgehead atoms. The topological polar surface area (TPSA) is 96.7 Å². The van der Waals surface area contributed by atoms with Crippen molar-refractivity contribution in [2.75, 3.05) is 12.3 Å². The first kappa shape index (κ1) is 15.0. The standard InChI is InChI=1S/C11H21N5OS/c1-3-14-11(2,9(12)17)6-4-5-7-18-10-13-8-15-16-10/h8,14H,3-7H2,1-2H3,(H2,12,17)(H,13,15,16). The maximum atomic E-state index is 11.4. The van der Waals surface area contributed by atoms with Crippen LogP contribution in [0.25, 0.3) is 0 Å². The van der Waals surface area contributed by atoms with E-state index in [1.807, 2.05) is 13.8 Å². The van der Waals surface area contributed by atoms with E-state index < -0.39 is 5.54 Å². The smallest absolute Gasteiger partial charge is 0.237 e. The van der Waals surface area contributed by atoms with Crippen LogP contribution in [0, 0.1) is 0 Å². The van der Waals surface area contributed by atoms with Crippen LogP contribution in [0.1, 0.15) is 33.1 Å². The zero-order valence-corrected chi connectivity index (χ0v) is 11.7. The molecule has 0 radical (unpaired) electrons. The molecule has 0 saturated heterocycles. The molecule has 0 saturated carbocycles. The second-order valence-electron chi connectivity index (χ2n) is 4.32. The highest BCUT2D eigenvalue weighted by Gasteiger charge is 2.28. The number of nitrogens with zero attached hydrogens (tertiary/aromatic N) is 2. The van der Waals surface area contributed by atoms with E-state index >= 15 is 0 Å². The Labute approximate surface area is 112 Å². The van der Waals surface area contributed by atoms with E-state index in [0.717, 1.165) is 36.7 Å². The fourth-order valence-corrected chi connectivity index (χ4v) is 2.48. The second-order valence-corrected chi connectivity index (χ2v) is 5.41. The van der Waals surface area contributed by atoms with Gasteiger partial charge < -0.3 is 11.1 Å². The average molecular weight is 271 g/mol. The highest BCUT2D eigenvalue weighted by Crippen LogP contribution is 2.17. The maximum Gasteiger partial charge on any atom is 0.237 e. The lowest BCUT2D eigenvalue weighted by Crippen LogP contribution is -2.52. The molecule has 0 spiro atoms. The molecule has 0 aliphatic heterocycles. The molecular weight excluding hydrogens is 250 g/mol. The lowest BCUT2D eigenvalue weighted by molar-refractivity contribution is -0.124. The van der Waals surface area contributed by atoms with Crippen LogP contribution in [0.3, 0.4) is 0 Å². The van der Waals surface area contributed by atoms with Gasteiger partial charge in [-0.15, -0.1) is 0 Å². The van der Waals surface area contributed by atoms with Crippen molar-refractivity contribution in [1.82, 2.24) is 20.5 Å². The molecule has 0 aliphatic carbocycles. The van der Waals surface area contributed by atoms with Gasteiger partial charge in [0.2, 0.25) is 5.91 Å². The lowest BCUT2D eigenvalue weighted by Gasteiger charge is -2.26. The van der Waals surface area contributed by atoms with Gasteiger partial charge in [-0.2, -0.15) is 5.10 Å². The average Bonchev–Trinajstić information content (AvgIpc) is 2.81. The monoisotopic (exact) mass is 271 g/mol. The minimum Gasteiger partial charge on any atom is -0.368 e. The summed E-state index contributed by atoms with van der Waals surface area (Å²) in [5, 5.41) is 10.6. The lowest BCUT2D eigenvalue weighted by atomic mass is 9.94. The van der Waals surface area contributed by atoms with Crippen LogP contribution in [-0.2, 0) is 4.79 Å². The van der Waals surface area contributed by atoms with E-state index in [1.54, 1.807) is 11.8 Å². The SMILES string of the molecule is CCNC(C)(CCCCSc1ncn[nH]1)C(N)=O. The van der Waals surface area contributed by atoms with Crippen molar-refractivity contribution in [2.45, 2.75) is 43.8 Å². The molecule has 1 unspecified atom stereocenters. The van der Waals surface area contributed by atoms with Crippen LogP contribution in [-0.4, -0.2) is 38.9 Å². The number of thioether (sulfide) groups is 1. The highest BCUT2D eigenvalue weighted by molar-refractivity contribution is 7.99. The van der Waals surface area contributed by atoms with E-state index in [0.29, 0.717) is 0 Å². The van der Waals surface area contributed by atoms with Gasteiger partial charge in [-0.1, -0.05) is 25.1 Å². The zero-order chi connectivity index (χ0) is 13.4. The second kappa shape index (κ2) is 7.38. The van der Waals surface area contributed by atoms with Gasteiger partial charge >= 0.3 is 0 Å². The summed E-state index contributed by atoms with van der Waals surface area (Å²) in [5.74, 6) is 0.670. The number of aromatic amines is 1. The molecule has 4 N–H and O–H groups in total. The predicted molar refractivity (Wildman–Crippen MR) is 72.2 cm³/mol. The number of primary amides is 1. The fourth-order valence-electron chi connectivity index (χ4n) is 1.70. The molecule has 6 nitrogen and oxygen atoms in total. The number of H-pyrrole nitrogens is 1. The van der Waals surface area contributed by atoms with Crippen LogP contribution in [0.2, 0.25) is 0 Å². The molecule has 0 aliphatic rings. The quantitative estimate of drug-likeness (QED) is 0.458. The van der Waals surface area contributed by atoms with Gasteiger partial charge in [0.05, 0.1) is 5.54 Å². The first-order chi connectivity index (χ1) is 8.58. The van der Waals surface area contributed by atoms with Crippen molar-refractivity contribution in [1.29, 1.82) is 0 Å². The molecule has 18 heavy (non-hydrogen) atoms. The number of nitrogens with two attached hydrogens (primary N) is 1. The van der Waals surface area contributed by atoms with Crippen LogP contribution in [0.4, 0.5) is 0 Å². The van der Waals surface area contributed by atoms with Crippen molar-refractivity contribution in [3.05, 3.63) is 6.33 Å². The van der Waals surface area contributed by atoms with Gasteiger partial charge in [0.25, 0.3) is 0 Å². The van der Waals surface area contributed by atoms with Crippen LogP contribution in [0.15, 0.2) is 11.5 Å². The molecule has 1 heterocycles. The van der Waals surface area contributed by atoms with E-state index in [-0.39, 0.29) is 5.91 Å². The maximum absolute atomic E-state index is 11.4. The van der Waals surface area contributed by atoms with Crippen LogP contribution in [0.5, 0.6) is 0 Å². The molecule has 102 valence electrons. The van der Waals surface area contributed by atoms with E-state index in [1.165, 1.54) is 6.33 Å². The van der Waals surface area contributed by atoms with Gasteiger partial charge in [0, 0.05) is 5.75 Å². The van der Waals surface area contributed by atoms with Crippen molar-refractivity contribution in [2.24, 2.45) is 5.73 Å². The summed E-state index contributed by atoms with van der Waals surface area (Å²) in [6, 6.07) is 0. The molecule has 1 atom stereocenters. The number of carbonyl (C=O) groups is 1. The Morgan fingerprint density at radius 3 is 2.94 bits per heavy atom. The third-order valence-electron chi connectivity index (χ3n) is 2.81. The largest absolute Gasteiger partial charge is 0.368 e. The molecule has 1 aromatic rings. The predicted octanol–water partition coefficient (Wildman–Crippen LogP) is 0.921. The number of carbonyl (C=O) groups excluding carboxylic acids is 1. The van der Waals surface area contributed by atoms with Crippen molar-refractivity contribution in [3.8, 4) is 0 Å². The van der Waals surface area contributed by atoms with Crippen molar-refractivity contribution >= 4 is 17.7 Å². The Bertz CT molecular complexity index is 356. The molecule has 0 aromatic carbocycles. The molecule has 1 aromatic heterocycles. The van der Waals surface area contributed by atoms with E-state index in [2.05, 4.69) is 20.5 Å². The van der Waals surface area contributed by atoms with E-state index in [4.69, 9.17) is 5.73 Å². The number of nitrogens with one attached hydrogen (secondary N) is 2. The number of likely N-dealkylation sites (N-methyl/N-ethyl adjacent to an activating group) is 1. The van der Waals surface area contributed by atoms with Gasteiger partial charge in [0.1, 0.15) is 6.33 Å². The zero-order valence-electron chi connectivity index (χ0n) is 10.9. The van der Waals surface area contributed by atoms with Gasteiger partial charge in [-0.3, -0.25) is 9.89 Å². The Balaban J connectivity index is 2.21. The number of unbranched alkanes of at least 4 members (excludes halogenated alkanes) is 1. The summed E-state index contributed by atoms with van der Waals surface area (Å²) in [6.45, 7) is 4.58. The van der Waals surface area contributed by atoms with Crippen molar-refractivity contribution in [3.63, 3.8) is 0 Å². The first-order valence-electron chi connectivity index (χ1n) is 6.11. The van der Waals surface area contributed by atoms with E-state index in [9.17, 15) is 4.79 Å². The highest BCUT2D eigenvalue weighted by atomic mass is 32.2. The Hall–Kier alpha value is -1.08. The minimum absolute atomic E-state index is 0.285. The third-order valence-corrected chi connectivity index (χ3v) is 3.78. The number of hydrogen-bond acceptors (Lipinski definition) is 5. The number of hydrogen-bond donors (Lipinski definition) is 3. The van der Waals surface area contributed by atoms with Gasteiger partial charge in [-0.25, -0.2) is 4.98 Å². The molecule has 0 fully saturated rings. The third kappa shape index (κ3) is 4.66. The summed E-state index contributed by atoms with van der Waals surface area (Å²) in [7, 11) is 0. The fraction of sp³-hybridized carbons (Fsp3) is 0.727. The normalized spacial score (nSPS) is 14.3. The summed E-state index contributed by atoms with van der Waals surface area (Å²) >= 11 is 1.63. The summed E-state index contributed by atoms with van der Waals surface area (Å²) in [6.07, 6.45) is 4.22. The summed E-state index contributed by atoms with van der Waals surface area (Å²) in [5.41, 5.74) is 4.83. The van der Waals surface area contributed by atoms with Gasteiger partial charge in [0.15, 0.2) is 5.16 Å². The molecule has 1 amide bonds. The Morgan fingerprint density at radius 2 is 2.39 bits per heavy atom. The molecule has 1 rings (SSSR count). The van der Waals surface area contributed by atoms with Crippen LogP contribution >= 0.6 is 11.8 Å². The summed E-state index contributed by atoms with van der Waals surface area (Å²) in [4.78, 5) is 15.4. The Morgan fingerprint density at radius 1 is 1.61 bits per heavy atom. The molecular formula is C11H21N5OS. The summed E-state index contributed by atoms with van der Waals surface area (Å²) < 4.78 is 0. The number of amides is 1. The number of rotatable bonds is 9.